The number of nitrogens with one attached hydrogen (secondary N) is 1. The number of rotatable bonds is 2. The highest BCUT2D eigenvalue weighted by Crippen LogP contribution is 2.34. The number of benzene rings is 1. The van der Waals surface area contributed by atoms with Gasteiger partial charge < -0.3 is 10.1 Å². The lowest BCUT2D eigenvalue weighted by molar-refractivity contribution is 0.159. The van der Waals surface area contributed by atoms with Gasteiger partial charge in [0.15, 0.2) is 0 Å². The summed E-state index contributed by atoms with van der Waals surface area (Å²) < 4.78 is 6.17. The van der Waals surface area contributed by atoms with E-state index in [4.69, 9.17) is 16.3 Å². The van der Waals surface area contributed by atoms with E-state index in [9.17, 15) is 0 Å². The van der Waals surface area contributed by atoms with Gasteiger partial charge >= 0.3 is 0 Å². The summed E-state index contributed by atoms with van der Waals surface area (Å²) in [5.74, 6) is 0.985. The zero-order valence-electron chi connectivity index (χ0n) is 11.4. The largest absolute Gasteiger partial charge is 0.490 e. The Morgan fingerprint density at radius 3 is 2.50 bits per heavy atom. The molecule has 1 N–H and O–H groups in total. The van der Waals surface area contributed by atoms with Gasteiger partial charge in [0.2, 0.25) is 0 Å². The minimum Gasteiger partial charge on any atom is -0.490 e. The maximum absolute atomic E-state index is 6.17. The van der Waals surface area contributed by atoms with Gasteiger partial charge in [-0.3, -0.25) is 0 Å². The first-order chi connectivity index (χ1) is 8.47. The van der Waals surface area contributed by atoms with E-state index in [1.165, 1.54) is 5.56 Å². The molecule has 0 radical (unpaired) electrons. The molecule has 3 heteroatoms. The highest BCUT2D eigenvalue weighted by molar-refractivity contribution is 6.30. The zero-order valence-corrected chi connectivity index (χ0v) is 12.2. The van der Waals surface area contributed by atoms with Gasteiger partial charge in [-0.25, -0.2) is 0 Å². The third-order valence-electron chi connectivity index (χ3n) is 3.33. The molecule has 1 aromatic rings. The molecule has 1 saturated heterocycles. The third kappa shape index (κ3) is 3.39. The zero-order chi connectivity index (χ0) is 13.2. The summed E-state index contributed by atoms with van der Waals surface area (Å²) in [6.45, 7) is 8.65. The molecular weight excluding hydrogens is 246 g/mol. The Hall–Kier alpha value is -0.730. The smallest absolute Gasteiger partial charge is 0.123 e. The van der Waals surface area contributed by atoms with E-state index < -0.39 is 0 Å². The van der Waals surface area contributed by atoms with Crippen LogP contribution in [-0.4, -0.2) is 19.2 Å². The van der Waals surface area contributed by atoms with Crippen LogP contribution in [0.15, 0.2) is 18.2 Å². The van der Waals surface area contributed by atoms with Crippen molar-refractivity contribution in [3.8, 4) is 5.75 Å². The summed E-state index contributed by atoms with van der Waals surface area (Å²) in [5, 5.41) is 4.13. The average molecular weight is 268 g/mol. The van der Waals surface area contributed by atoms with Crippen LogP contribution in [0.1, 0.15) is 39.2 Å². The summed E-state index contributed by atoms with van der Waals surface area (Å²) >= 11 is 6.10. The van der Waals surface area contributed by atoms with Crippen LogP contribution in [0, 0.1) is 0 Å². The number of hydrogen-bond donors (Lipinski definition) is 1. The van der Waals surface area contributed by atoms with Gasteiger partial charge in [0.1, 0.15) is 11.9 Å². The normalized spacial score (nSPS) is 17.8. The number of halogens is 1. The average Bonchev–Trinajstić information content (AvgIpc) is 2.31. The van der Waals surface area contributed by atoms with Crippen molar-refractivity contribution in [2.75, 3.05) is 13.1 Å². The van der Waals surface area contributed by atoms with Gasteiger partial charge in [-0.05, 0) is 49.5 Å². The first-order valence-corrected chi connectivity index (χ1v) is 7.02. The van der Waals surface area contributed by atoms with Crippen molar-refractivity contribution in [3.05, 3.63) is 28.8 Å². The van der Waals surface area contributed by atoms with Gasteiger partial charge in [-0.15, -0.1) is 0 Å². The number of hydrogen-bond acceptors (Lipinski definition) is 2. The SMILES string of the molecule is CC(C)(C)c1cc(Cl)ccc1OC1CCNCC1. The summed E-state index contributed by atoms with van der Waals surface area (Å²) in [5.41, 5.74) is 1.24. The van der Waals surface area contributed by atoms with Crippen LogP contribution in [0.2, 0.25) is 5.02 Å². The summed E-state index contributed by atoms with van der Waals surface area (Å²) in [6, 6.07) is 5.94. The fourth-order valence-electron chi connectivity index (χ4n) is 2.28. The fraction of sp³-hybridized carbons (Fsp3) is 0.600. The maximum Gasteiger partial charge on any atom is 0.123 e. The Kier molecular flexibility index (Phi) is 4.18. The molecule has 0 atom stereocenters. The molecule has 1 aliphatic rings. The molecular formula is C15H22ClNO. The van der Waals surface area contributed by atoms with Crippen LogP contribution < -0.4 is 10.1 Å². The molecule has 100 valence electrons. The predicted molar refractivity (Wildman–Crippen MR) is 76.7 cm³/mol. The van der Waals surface area contributed by atoms with Gasteiger partial charge in [-0.1, -0.05) is 32.4 Å². The predicted octanol–water partition coefficient (Wildman–Crippen LogP) is 3.77. The van der Waals surface area contributed by atoms with Crippen LogP contribution in [0.5, 0.6) is 5.75 Å². The van der Waals surface area contributed by atoms with E-state index in [-0.39, 0.29) is 5.41 Å². The van der Waals surface area contributed by atoms with E-state index in [1.54, 1.807) is 0 Å². The molecule has 1 fully saturated rings. The molecule has 0 bridgehead atoms. The van der Waals surface area contributed by atoms with E-state index in [1.807, 2.05) is 18.2 Å². The van der Waals surface area contributed by atoms with Crippen molar-refractivity contribution < 1.29 is 4.74 Å². The van der Waals surface area contributed by atoms with Crippen molar-refractivity contribution in [1.29, 1.82) is 0 Å². The lowest BCUT2D eigenvalue weighted by Crippen LogP contribution is -2.34. The van der Waals surface area contributed by atoms with E-state index in [0.717, 1.165) is 36.7 Å². The monoisotopic (exact) mass is 267 g/mol. The number of piperidine rings is 1. The van der Waals surface area contributed by atoms with Crippen LogP contribution in [0.25, 0.3) is 0 Å². The molecule has 2 rings (SSSR count). The molecule has 1 aliphatic heterocycles. The Morgan fingerprint density at radius 2 is 1.89 bits per heavy atom. The van der Waals surface area contributed by atoms with Crippen molar-refractivity contribution in [3.63, 3.8) is 0 Å². The second-order valence-corrected chi connectivity index (χ2v) is 6.39. The molecule has 0 aromatic heterocycles. The molecule has 18 heavy (non-hydrogen) atoms. The lowest BCUT2D eigenvalue weighted by atomic mass is 9.86. The highest BCUT2D eigenvalue weighted by atomic mass is 35.5. The van der Waals surface area contributed by atoms with E-state index in [0.29, 0.717) is 6.10 Å². The van der Waals surface area contributed by atoms with Crippen LogP contribution >= 0.6 is 11.6 Å². The third-order valence-corrected chi connectivity index (χ3v) is 3.56. The van der Waals surface area contributed by atoms with E-state index in [2.05, 4.69) is 26.1 Å². The second-order valence-electron chi connectivity index (χ2n) is 5.96. The molecule has 0 unspecified atom stereocenters. The standard InChI is InChI=1S/C15H22ClNO/c1-15(2,3)13-10-11(16)4-5-14(13)18-12-6-8-17-9-7-12/h4-5,10,12,17H,6-9H2,1-3H3. The lowest BCUT2D eigenvalue weighted by Gasteiger charge is -2.28. The topological polar surface area (TPSA) is 21.3 Å². The van der Waals surface area contributed by atoms with Gasteiger partial charge in [0.05, 0.1) is 0 Å². The van der Waals surface area contributed by atoms with E-state index >= 15 is 0 Å². The summed E-state index contributed by atoms with van der Waals surface area (Å²) in [7, 11) is 0. The van der Waals surface area contributed by atoms with Gasteiger partial charge in [0.25, 0.3) is 0 Å². The quantitative estimate of drug-likeness (QED) is 0.881. The van der Waals surface area contributed by atoms with Crippen molar-refractivity contribution in [1.82, 2.24) is 5.32 Å². The molecule has 2 nitrogen and oxygen atoms in total. The second kappa shape index (κ2) is 5.50. The molecule has 1 heterocycles. The molecule has 0 amide bonds. The minimum absolute atomic E-state index is 0.0488. The first kappa shape index (κ1) is 13.7. The Balaban J connectivity index is 2.21. The first-order valence-electron chi connectivity index (χ1n) is 6.64. The Morgan fingerprint density at radius 1 is 1.22 bits per heavy atom. The molecule has 1 aromatic carbocycles. The highest BCUT2D eigenvalue weighted by Gasteiger charge is 2.22. The van der Waals surface area contributed by atoms with Gasteiger partial charge in [0, 0.05) is 10.6 Å². The Labute approximate surface area is 115 Å². The Bertz CT molecular complexity index is 405. The van der Waals surface area contributed by atoms with Crippen LogP contribution in [-0.2, 0) is 5.41 Å². The molecule has 0 saturated carbocycles. The summed E-state index contributed by atoms with van der Waals surface area (Å²) in [6.07, 6.45) is 2.48. The van der Waals surface area contributed by atoms with Crippen LogP contribution in [0.3, 0.4) is 0 Å². The van der Waals surface area contributed by atoms with Crippen molar-refractivity contribution >= 4 is 11.6 Å². The molecule has 0 aliphatic carbocycles. The summed E-state index contributed by atoms with van der Waals surface area (Å²) in [4.78, 5) is 0. The van der Waals surface area contributed by atoms with Gasteiger partial charge in [-0.2, -0.15) is 0 Å². The fourth-order valence-corrected chi connectivity index (χ4v) is 2.46. The number of ether oxygens (including phenoxy) is 1. The van der Waals surface area contributed by atoms with Crippen molar-refractivity contribution in [2.24, 2.45) is 0 Å². The van der Waals surface area contributed by atoms with Crippen molar-refractivity contribution in [2.45, 2.75) is 45.1 Å². The maximum atomic E-state index is 6.17. The molecule has 0 spiro atoms. The minimum atomic E-state index is 0.0488. The van der Waals surface area contributed by atoms with Crippen LogP contribution in [0.4, 0.5) is 0 Å².